The summed E-state index contributed by atoms with van der Waals surface area (Å²) in [5.41, 5.74) is 0. The summed E-state index contributed by atoms with van der Waals surface area (Å²) in [4.78, 5) is 19.5. The van der Waals surface area contributed by atoms with Gasteiger partial charge in [-0.15, -0.1) is 0 Å². The first-order chi connectivity index (χ1) is 9.08. The topological polar surface area (TPSA) is 159 Å². The van der Waals surface area contributed by atoms with Crippen molar-refractivity contribution in [3.63, 3.8) is 0 Å². The molecule has 0 aromatic heterocycles. The first kappa shape index (κ1) is 14.4. The minimum Gasteiger partial charge on any atom is -0.351 e. The lowest BCUT2D eigenvalue weighted by Gasteiger charge is -2.13. The highest BCUT2D eigenvalue weighted by molar-refractivity contribution is 5.80. The summed E-state index contributed by atoms with van der Waals surface area (Å²) in [6.45, 7) is 2.90. The quantitative estimate of drug-likeness (QED) is 0.327. The fourth-order valence-corrected chi connectivity index (χ4v) is 1.29. The van der Waals surface area contributed by atoms with Crippen LogP contribution in [0.2, 0.25) is 0 Å². The molecule has 2 rings (SSSR count). The largest absolute Gasteiger partial charge is 0.351 e. The Kier molecular flexibility index (Phi) is 5.78. The summed E-state index contributed by atoms with van der Waals surface area (Å²) in [5.74, 6) is 0.510. The van der Waals surface area contributed by atoms with Gasteiger partial charge in [0.15, 0.2) is 10.1 Å². The second-order valence-electron chi connectivity index (χ2n) is 3.43. The summed E-state index contributed by atoms with van der Waals surface area (Å²) >= 11 is 0. The molecule has 2 saturated heterocycles. The predicted molar refractivity (Wildman–Crippen MR) is 65.5 cm³/mol. The highest BCUT2D eigenvalue weighted by Gasteiger charge is 2.08. The molecule has 0 bridgehead atoms. The van der Waals surface area contributed by atoms with E-state index in [9.17, 15) is 20.2 Å². The third-order valence-corrected chi connectivity index (χ3v) is 2.01. The minimum atomic E-state index is -0.735. The van der Waals surface area contributed by atoms with Gasteiger partial charge in [0.2, 0.25) is 0 Å². The zero-order valence-corrected chi connectivity index (χ0v) is 9.96. The fourth-order valence-electron chi connectivity index (χ4n) is 1.29. The molecule has 0 aliphatic carbocycles. The van der Waals surface area contributed by atoms with Gasteiger partial charge in [-0.25, -0.2) is 20.2 Å². The number of rotatable bonds is 2. The van der Waals surface area contributed by atoms with E-state index < -0.39 is 10.1 Å². The first-order valence-corrected chi connectivity index (χ1v) is 5.49. The molecule has 12 heteroatoms. The average molecular weight is 274 g/mol. The Hall–Kier alpha value is -2.66. The van der Waals surface area contributed by atoms with Crippen molar-refractivity contribution in [1.82, 2.24) is 21.3 Å². The predicted octanol–water partition coefficient (Wildman–Crippen LogP) is -2.16. The number of hydrazone groups is 2. The summed E-state index contributed by atoms with van der Waals surface area (Å²) in [6, 6.07) is 0. The van der Waals surface area contributed by atoms with E-state index in [0.717, 1.165) is 19.5 Å². The Balaban J connectivity index is 0.000000191. The number of hydrogen-bond donors (Lipinski definition) is 4. The lowest BCUT2D eigenvalue weighted by molar-refractivity contribution is -0.485. The van der Waals surface area contributed by atoms with Gasteiger partial charge in [0.05, 0.1) is 0 Å². The third kappa shape index (κ3) is 6.60. The van der Waals surface area contributed by atoms with Crippen molar-refractivity contribution >= 4 is 11.9 Å². The van der Waals surface area contributed by atoms with E-state index in [0.29, 0.717) is 13.1 Å². The van der Waals surface area contributed by atoms with Gasteiger partial charge in [0.25, 0.3) is 11.9 Å². The van der Waals surface area contributed by atoms with Crippen molar-refractivity contribution in [1.29, 1.82) is 0 Å². The summed E-state index contributed by atoms with van der Waals surface area (Å²) < 4.78 is 0. The molecule has 106 valence electrons. The highest BCUT2D eigenvalue weighted by atomic mass is 16.7. The van der Waals surface area contributed by atoms with Crippen LogP contribution in [-0.2, 0) is 0 Å². The average Bonchev–Trinajstić information content (AvgIpc) is 2.82. The molecule has 0 aromatic carbocycles. The maximum Gasteiger partial charge on any atom is 0.268 e. The third-order valence-electron chi connectivity index (χ3n) is 2.01. The maximum absolute atomic E-state index is 9.81. The number of nitrogens with one attached hydrogen (secondary N) is 4. The molecule has 2 fully saturated rings. The van der Waals surface area contributed by atoms with Crippen LogP contribution in [0.1, 0.15) is 6.42 Å². The van der Waals surface area contributed by atoms with Gasteiger partial charge in [-0.3, -0.25) is 0 Å². The Bertz CT molecular complexity index is 379. The van der Waals surface area contributed by atoms with Crippen molar-refractivity contribution in [3.05, 3.63) is 20.2 Å². The van der Waals surface area contributed by atoms with Crippen LogP contribution in [-0.4, -0.2) is 48.2 Å². The van der Waals surface area contributed by atoms with Gasteiger partial charge in [0.1, 0.15) is 10.2 Å². The van der Waals surface area contributed by atoms with Crippen molar-refractivity contribution in [3.8, 4) is 0 Å². The number of nitro groups is 2. The molecule has 2 heterocycles. The molecule has 0 spiro atoms. The minimum absolute atomic E-state index is 0.250. The lowest BCUT2D eigenvalue weighted by Crippen LogP contribution is -2.44. The molecule has 0 saturated carbocycles. The normalized spacial score (nSPS) is 16.6. The molecule has 2 aliphatic rings. The molecule has 19 heavy (non-hydrogen) atoms. The molecule has 0 atom stereocenters. The maximum atomic E-state index is 9.81. The zero-order valence-electron chi connectivity index (χ0n) is 9.96. The van der Waals surface area contributed by atoms with Crippen LogP contribution >= 0.6 is 0 Å². The van der Waals surface area contributed by atoms with Gasteiger partial charge in [-0.05, 0) is 6.42 Å². The molecular formula is C7H14N8O4. The number of hydrogen-bond acceptors (Lipinski definition) is 4. The van der Waals surface area contributed by atoms with Gasteiger partial charge >= 0.3 is 0 Å². The molecule has 12 nitrogen and oxygen atoms in total. The van der Waals surface area contributed by atoms with Crippen LogP contribution in [0, 0.1) is 20.2 Å². The second kappa shape index (κ2) is 7.62. The van der Waals surface area contributed by atoms with Gasteiger partial charge < -0.3 is 21.3 Å². The molecule has 0 radical (unpaired) electrons. The Labute approximate surface area is 107 Å². The van der Waals surface area contributed by atoms with E-state index in [-0.39, 0.29) is 11.9 Å². The number of nitrogens with zero attached hydrogens (tertiary/aromatic N) is 4. The summed E-state index contributed by atoms with van der Waals surface area (Å²) in [5, 5.41) is 35.0. The Morgan fingerprint density at radius 2 is 1.16 bits per heavy atom. The lowest BCUT2D eigenvalue weighted by atomic mass is 10.4. The van der Waals surface area contributed by atoms with Gasteiger partial charge in [0, 0.05) is 26.2 Å². The van der Waals surface area contributed by atoms with E-state index >= 15 is 0 Å². The Morgan fingerprint density at radius 1 is 0.789 bits per heavy atom. The van der Waals surface area contributed by atoms with E-state index in [1.165, 1.54) is 0 Å². The zero-order chi connectivity index (χ0) is 14.1. The summed E-state index contributed by atoms with van der Waals surface area (Å²) in [6.07, 6.45) is 0.969. The molecule has 0 unspecified atom stereocenters. The van der Waals surface area contributed by atoms with E-state index in [2.05, 4.69) is 31.5 Å². The van der Waals surface area contributed by atoms with Crippen molar-refractivity contribution in [2.24, 2.45) is 10.2 Å². The van der Waals surface area contributed by atoms with Crippen LogP contribution in [0.4, 0.5) is 0 Å². The number of guanidine groups is 2. The van der Waals surface area contributed by atoms with Gasteiger partial charge in [-0.2, -0.15) is 0 Å². The highest BCUT2D eigenvalue weighted by Crippen LogP contribution is 1.82. The van der Waals surface area contributed by atoms with E-state index in [1.807, 2.05) is 0 Å². The van der Waals surface area contributed by atoms with Crippen molar-refractivity contribution in [2.45, 2.75) is 6.42 Å². The van der Waals surface area contributed by atoms with E-state index in [1.54, 1.807) is 0 Å². The Morgan fingerprint density at radius 3 is 1.53 bits per heavy atom. The molecule has 0 amide bonds. The van der Waals surface area contributed by atoms with Gasteiger partial charge in [-0.1, -0.05) is 0 Å². The molecule has 4 N–H and O–H groups in total. The SMILES string of the molecule is O=[N+]([O-])N=C1NCCCN1.O=[N+]([O-])N=C1NCCN1. The fraction of sp³-hybridized carbons (Fsp3) is 0.714. The molecule has 2 aliphatic heterocycles. The van der Waals surface area contributed by atoms with Crippen molar-refractivity contribution in [2.75, 3.05) is 26.2 Å². The van der Waals surface area contributed by atoms with Crippen LogP contribution < -0.4 is 21.3 Å². The second-order valence-corrected chi connectivity index (χ2v) is 3.43. The first-order valence-electron chi connectivity index (χ1n) is 5.49. The van der Waals surface area contributed by atoms with Crippen LogP contribution in [0.15, 0.2) is 10.2 Å². The van der Waals surface area contributed by atoms with Crippen molar-refractivity contribution < 1.29 is 10.1 Å². The summed E-state index contributed by atoms with van der Waals surface area (Å²) in [7, 11) is 0. The molecular weight excluding hydrogens is 260 g/mol. The molecule has 0 aromatic rings. The smallest absolute Gasteiger partial charge is 0.268 e. The standard InChI is InChI=1S/C4H8N4O2.C3H6N4O2/c9-8(10)7-4-5-2-1-3-6-4;8-7(9)6-3-4-1-2-5-3/h1-3H2,(H2,5,6,7);1-2H2,(H2,4,5,6). The van der Waals surface area contributed by atoms with Crippen LogP contribution in [0.25, 0.3) is 0 Å². The monoisotopic (exact) mass is 274 g/mol. The van der Waals surface area contributed by atoms with Crippen LogP contribution in [0.5, 0.6) is 0 Å². The van der Waals surface area contributed by atoms with E-state index in [4.69, 9.17) is 0 Å². The van der Waals surface area contributed by atoms with Crippen LogP contribution in [0.3, 0.4) is 0 Å².